The maximum Gasteiger partial charge on any atom is 0.0345 e. The van der Waals surface area contributed by atoms with Crippen molar-refractivity contribution in [2.45, 2.75) is 13.8 Å². The lowest BCUT2D eigenvalue weighted by molar-refractivity contribution is 1.64. The van der Waals surface area contributed by atoms with Crippen LogP contribution < -0.4 is 0 Å². The van der Waals surface area contributed by atoms with E-state index in [0.29, 0.717) is 0 Å². The van der Waals surface area contributed by atoms with E-state index in [1.165, 1.54) is 84.5 Å². The molecule has 0 saturated heterocycles. The summed E-state index contributed by atoms with van der Waals surface area (Å²) >= 11 is 3.72. The number of hydrogen-bond acceptors (Lipinski definition) is 2. The number of aryl methyl sites for hydroxylation is 2. The molecule has 0 unspecified atom stereocenters. The van der Waals surface area contributed by atoms with Gasteiger partial charge in [-0.3, -0.25) is 0 Å². The number of rotatable bonds is 2. The maximum atomic E-state index is 2.37. The SMILES string of the molecule is Cc1ccc(-c2ccc3cc4c(ccc5c6cc7ccc(-c8ccc(C)s8)cc7cc6ccc45)cc3c2)s1. The van der Waals surface area contributed by atoms with Crippen molar-refractivity contribution in [1.29, 1.82) is 0 Å². The molecule has 0 radical (unpaired) electrons. The second-order valence-corrected chi connectivity index (χ2v) is 12.9. The molecular weight excluding hydrogens is 497 g/mol. The first kappa shape index (κ1) is 22.0. The van der Waals surface area contributed by atoms with Gasteiger partial charge in [0.25, 0.3) is 0 Å². The Morgan fingerprint density at radius 3 is 1.21 bits per heavy atom. The van der Waals surface area contributed by atoms with Crippen LogP contribution in [0.15, 0.2) is 109 Å². The summed E-state index contributed by atoms with van der Waals surface area (Å²) in [5.74, 6) is 0. The third-order valence-corrected chi connectivity index (χ3v) is 9.90. The first-order valence-electron chi connectivity index (χ1n) is 13.0. The van der Waals surface area contributed by atoms with Crippen molar-refractivity contribution < 1.29 is 0 Å². The molecule has 2 aromatic heterocycles. The van der Waals surface area contributed by atoms with Gasteiger partial charge >= 0.3 is 0 Å². The van der Waals surface area contributed by atoms with E-state index in [1.807, 2.05) is 22.7 Å². The van der Waals surface area contributed by atoms with Gasteiger partial charge < -0.3 is 0 Å². The van der Waals surface area contributed by atoms with Crippen molar-refractivity contribution in [1.82, 2.24) is 0 Å². The number of hydrogen-bond donors (Lipinski definition) is 0. The summed E-state index contributed by atoms with van der Waals surface area (Å²) in [5.41, 5.74) is 2.59. The van der Waals surface area contributed by atoms with E-state index in [9.17, 15) is 0 Å². The summed E-state index contributed by atoms with van der Waals surface area (Å²) in [4.78, 5) is 5.37. The smallest absolute Gasteiger partial charge is 0.0345 e. The zero-order valence-corrected chi connectivity index (χ0v) is 22.8. The Kier molecular flexibility index (Phi) is 4.79. The third kappa shape index (κ3) is 3.49. The van der Waals surface area contributed by atoms with E-state index < -0.39 is 0 Å². The lowest BCUT2D eigenvalue weighted by atomic mass is 9.93. The second-order valence-electron chi connectivity index (χ2n) is 10.3. The average Bonchev–Trinajstić information content (AvgIpc) is 3.58. The van der Waals surface area contributed by atoms with Gasteiger partial charge in [0.15, 0.2) is 0 Å². The van der Waals surface area contributed by atoms with E-state index in [4.69, 9.17) is 0 Å². The molecule has 2 heteroatoms. The van der Waals surface area contributed by atoms with Crippen LogP contribution in [-0.4, -0.2) is 0 Å². The summed E-state index contributed by atoms with van der Waals surface area (Å²) in [5, 5.41) is 13.0. The summed E-state index contributed by atoms with van der Waals surface area (Å²) in [6.45, 7) is 4.34. The molecule has 0 aliphatic rings. The highest BCUT2D eigenvalue weighted by Gasteiger charge is 2.10. The van der Waals surface area contributed by atoms with Crippen LogP contribution in [0.1, 0.15) is 9.75 Å². The molecule has 0 nitrogen and oxygen atoms in total. The molecule has 0 saturated carbocycles. The Morgan fingerprint density at radius 1 is 0.342 bits per heavy atom. The fraction of sp³-hybridized carbons (Fsp3) is 0.0556. The predicted octanol–water partition coefficient (Wildman–Crippen LogP) is 11.5. The molecule has 0 spiro atoms. The van der Waals surface area contributed by atoms with Gasteiger partial charge in [0.2, 0.25) is 0 Å². The van der Waals surface area contributed by atoms with E-state index >= 15 is 0 Å². The van der Waals surface area contributed by atoms with Crippen molar-refractivity contribution in [2.24, 2.45) is 0 Å². The first-order valence-corrected chi connectivity index (χ1v) is 14.6. The van der Waals surface area contributed by atoms with Crippen molar-refractivity contribution in [3.05, 3.63) is 119 Å². The van der Waals surface area contributed by atoms with E-state index in [-0.39, 0.29) is 0 Å². The van der Waals surface area contributed by atoms with Crippen LogP contribution in [0.2, 0.25) is 0 Å². The molecule has 0 amide bonds. The topological polar surface area (TPSA) is 0 Å². The highest BCUT2D eigenvalue weighted by molar-refractivity contribution is 7.15. The van der Waals surface area contributed by atoms with Crippen molar-refractivity contribution in [2.75, 3.05) is 0 Å². The predicted molar refractivity (Wildman–Crippen MR) is 170 cm³/mol. The van der Waals surface area contributed by atoms with Crippen molar-refractivity contribution in [3.8, 4) is 20.9 Å². The normalized spacial score (nSPS) is 11.9. The Morgan fingerprint density at radius 2 is 0.789 bits per heavy atom. The minimum Gasteiger partial charge on any atom is -0.141 e. The Labute approximate surface area is 229 Å². The Bertz CT molecular complexity index is 2050. The first-order chi connectivity index (χ1) is 18.6. The van der Waals surface area contributed by atoms with E-state index in [0.717, 1.165) is 0 Å². The maximum absolute atomic E-state index is 2.37. The van der Waals surface area contributed by atoms with Crippen LogP contribution in [0.3, 0.4) is 0 Å². The molecule has 180 valence electrons. The van der Waals surface area contributed by atoms with Gasteiger partial charge in [-0.2, -0.15) is 0 Å². The number of benzene rings is 6. The van der Waals surface area contributed by atoms with Crippen LogP contribution in [0.5, 0.6) is 0 Å². The van der Waals surface area contributed by atoms with E-state index in [1.54, 1.807) is 0 Å². The molecular formula is C36H24S2. The van der Waals surface area contributed by atoms with Gasteiger partial charge in [0.1, 0.15) is 0 Å². The van der Waals surface area contributed by atoms with Gasteiger partial charge in [0.05, 0.1) is 0 Å². The largest absolute Gasteiger partial charge is 0.141 e. The van der Waals surface area contributed by atoms with Crippen LogP contribution in [0.4, 0.5) is 0 Å². The molecule has 0 bridgehead atoms. The van der Waals surface area contributed by atoms with E-state index in [2.05, 4.69) is 123 Å². The fourth-order valence-corrected chi connectivity index (χ4v) is 7.58. The second kappa shape index (κ2) is 8.26. The standard InChI is InChI=1S/C36H24S2/c1-21-3-13-35(37-21)27-7-5-23-19-33-25(15-29(23)17-27)9-11-32-31(33)12-10-26-16-30-18-28(36-14-4-22(2)38-36)8-6-24(30)20-34(26)32/h3-20H,1-2H3. The Hall–Kier alpha value is -3.98. The van der Waals surface area contributed by atoms with Crippen molar-refractivity contribution in [3.63, 3.8) is 0 Å². The van der Waals surface area contributed by atoms with Gasteiger partial charge in [-0.1, -0.05) is 48.5 Å². The van der Waals surface area contributed by atoms with Crippen molar-refractivity contribution >= 4 is 76.5 Å². The van der Waals surface area contributed by atoms with Crippen LogP contribution in [-0.2, 0) is 0 Å². The monoisotopic (exact) mass is 520 g/mol. The number of thiophene rings is 2. The van der Waals surface area contributed by atoms with Crippen LogP contribution >= 0.6 is 22.7 Å². The summed E-state index contributed by atoms with van der Waals surface area (Å²) < 4.78 is 0. The van der Waals surface area contributed by atoms with Gasteiger partial charge in [-0.05, 0) is 140 Å². The molecule has 0 aliphatic carbocycles. The molecule has 2 heterocycles. The minimum atomic E-state index is 1.29. The molecule has 0 atom stereocenters. The molecule has 8 aromatic rings. The zero-order valence-electron chi connectivity index (χ0n) is 21.2. The quantitative estimate of drug-likeness (QED) is 0.157. The molecule has 6 aromatic carbocycles. The molecule has 0 N–H and O–H groups in total. The molecule has 0 aliphatic heterocycles. The molecule has 0 fully saturated rings. The molecule has 38 heavy (non-hydrogen) atoms. The fourth-order valence-electron chi connectivity index (χ4n) is 5.85. The molecule has 8 rings (SSSR count). The van der Waals surface area contributed by atoms with Gasteiger partial charge in [-0.25, -0.2) is 0 Å². The number of fused-ring (bicyclic) bond motifs is 7. The summed E-state index contributed by atoms with van der Waals surface area (Å²) in [6.07, 6.45) is 0. The summed E-state index contributed by atoms with van der Waals surface area (Å²) in [7, 11) is 0. The third-order valence-electron chi connectivity index (χ3n) is 7.80. The summed E-state index contributed by atoms with van der Waals surface area (Å²) in [6, 6.07) is 41.3. The lowest BCUT2D eigenvalue weighted by Crippen LogP contribution is -1.84. The highest BCUT2D eigenvalue weighted by Crippen LogP contribution is 2.38. The Balaban J connectivity index is 1.30. The lowest BCUT2D eigenvalue weighted by Gasteiger charge is -2.11. The van der Waals surface area contributed by atoms with Crippen LogP contribution in [0, 0.1) is 13.8 Å². The van der Waals surface area contributed by atoms with Gasteiger partial charge in [0, 0.05) is 19.5 Å². The minimum absolute atomic E-state index is 1.29. The van der Waals surface area contributed by atoms with Gasteiger partial charge in [-0.15, -0.1) is 22.7 Å². The zero-order chi connectivity index (χ0) is 25.4. The highest BCUT2D eigenvalue weighted by atomic mass is 32.1. The van der Waals surface area contributed by atoms with Crippen LogP contribution in [0.25, 0.3) is 74.7 Å². The average molecular weight is 521 g/mol.